The van der Waals surface area contributed by atoms with E-state index in [1.807, 2.05) is 36.5 Å². The van der Waals surface area contributed by atoms with Gasteiger partial charge in [0.15, 0.2) is 5.13 Å². The highest BCUT2D eigenvalue weighted by Crippen LogP contribution is 2.35. The van der Waals surface area contributed by atoms with Crippen molar-refractivity contribution in [1.29, 1.82) is 0 Å². The van der Waals surface area contributed by atoms with Crippen LogP contribution < -0.4 is 10.6 Å². The number of hydrogen-bond donors (Lipinski definition) is 1. The highest BCUT2D eigenvalue weighted by atomic mass is 35.5. The largest absolute Gasteiger partial charge is 0.376 e. The van der Waals surface area contributed by atoms with E-state index in [1.165, 1.54) is 0 Å². The molecule has 0 radical (unpaired) electrons. The number of thiazole rings is 1. The predicted molar refractivity (Wildman–Crippen MR) is 105 cm³/mol. The van der Waals surface area contributed by atoms with Crippen molar-refractivity contribution in [2.24, 2.45) is 0 Å². The fraction of sp³-hybridized carbons (Fsp3) is 0.278. The highest BCUT2D eigenvalue weighted by Gasteiger charge is 2.23. The zero-order valence-electron chi connectivity index (χ0n) is 14.0. The first-order valence-electron chi connectivity index (χ1n) is 8.38. The quantitative estimate of drug-likeness (QED) is 0.708. The highest BCUT2D eigenvalue weighted by molar-refractivity contribution is 7.18. The lowest BCUT2D eigenvalue weighted by molar-refractivity contribution is 0.117. The first-order chi connectivity index (χ1) is 12.7. The van der Waals surface area contributed by atoms with Gasteiger partial charge in [-0.1, -0.05) is 29.0 Å². The topological polar surface area (TPSA) is 77.2 Å². The van der Waals surface area contributed by atoms with Crippen LogP contribution in [0.1, 0.15) is 12.8 Å². The fourth-order valence-electron chi connectivity index (χ4n) is 2.95. The van der Waals surface area contributed by atoms with Crippen LogP contribution in [-0.2, 0) is 4.74 Å². The van der Waals surface area contributed by atoms with E-state index in [-0.39, 0.29) is 12.1 Å². The predicted octanol–water partition coefficient (Wildman–Crippen LogP) is 4.15. The Balaban J connectivity index is 1.67. The Bertz CT molecular complexity index is 897. The van der Waals surface area contributed by atoms with Gasteiger partial charge in [-0.25, -0.2) is 15.0 Å². The molecule has 1 fully saturated rings. The SMILES string of the molecule is Nc1nccc(-c2cnc(N(CC3CCCO3)c3cccc(Cl)c3)s2)n1. The van der Waals surface area contributed by atoms with Crippen LogP contribution in [0.2, 0.25) is 5.02 Å². The molecule has 1 aliphatic heterocycles. The van der Waals surface area contributed by atoms with E-state index >= 15 is 0 Å². The Hall–Kier alpha value is -2.22. The van der Waals surface area contributed by atoms with Gasteiger partial charge < -0.3 is 15.4 Å². The minimum absolute atomic E-state index is 0.191. The molecule has 1 saturated heterocycles. The third-order valence-corrected chi connectivity index (χ3v) is 5.46. The Morgan fingerprint density at radius 1 is 1.31 bits per heavy atom. The Kier molecular flexibility index (Phi) is 5.01. The van der Waals surface area contributed by atoms with Gasteiger partial charge >= 0.3 is 0 Å². The van der Waals surface area contributed by atoms with Gasteiger partial charge in [0.05, 0.1) is 23.2 Å². The second-order valence-electron chi connectivity index (χ2n) is 6.03. The van der Waals surface area contributed by atoms with Crippen LogP contribution in [0.5, 0.6) is 0 Å². The summed E-state index contributed by atoms with van der Waals surface area (Å²) >= 11 is 7.76. The molecule has 1 aliphatic rings. The summed E-state index contributed by atoms with van der Waals surface area (Å²) in [5.41, 5.74) is 7.46. The summed E-state index contributed by atoms with van der Waals surface area (Å²) in [6.45, 7) is 1.55. The number of nitrogen functional groups attached to an aromatic ring is 1. The third-order valence-electron chi connectivity index (χ3n) is 4.18. The zero-order chi connectivity index (χ0) is 17.9. The molecule has 3 aromatic rings. The summed E-state index contributed by atoms with van der Waals surface area (Å²) < 4.78 is 5.83. The van der Waals surface area contributed by atoms with Crippen LogP contribution in [-0.4, -0.2) is 34.2 Å². The molecule has 6 nitrogen and oxygen atoms in total. The van der Waals surface area contributed by atoms with Crippen molar-refractivity contribution < 1.29 is 4.74 Å². The van der Waals surface area contributed by atoms with Crippen LogP contribution in [0.3, 0.4) is 0 Å². The Labute approximate surface area is 160 Å². The fourth-order valence-corrected chi connectivity index (χ4v) is 4.05. The van der Waals surface area contributed by atoms with Crippen LogP contribution in [0.25, 0.3) is 10.6 Å². The number of nitrogens with two attached hydrogens (primary N) is 1. The molecule has 0 saturated carbocycles. The number of halogens is 1. The molecular formula is C18H18ClN5OS. The summed E-state index contributed by atoms with van der Waals surface area (Å²) in [7, 11) is 0. The van der Waals surface area contributed by atoms with Gasteiger partial charge in [-0.15, -0.1) is 0 Å². The maximum absolute atomic E-state index is 6.21. The van der Waals surface area contributed by atoms with Crippen molar-refractivity contribution in [3.63, 3.8) is 0 Å². The van der Waals surface area contributed by atoms with Crippen molar-refractivity contribution >= 4 is 39.7 Å². The lowest BCUT2D eigenvalue weighted by atomic mass is 10.2. The first kappa shape index (κ1) is 17.2. The van der Waals surface area contributed by atoms with Gasteiger partial charge in [-0.2, -0.15) is 0 Å². The van der Waals surface area contributed by atoms with Gasteiger partial charge in [-0.05, 0) is 37.1 Å². The van der Waals surface area contributed by atoms with Crippen LogP contribution in [0, 0.1) is 0 Å². The standard InChI is InChI=1S/C18H18ClN5OS/c19-12-3-1-4-13(9-12)24(11-14-5-2-8-25-14)18-22-10-16(26-18)15-6-7-21-17(20)23-15/h1,3-4,6-7,9-10,14H,2,5,8,11H2,(H2,20,21,23). The molecule has 8 heteroatoms. The second-order valence-corrected chi connectivity index (χ2v) is 7.48. The molecule has 0 spiro atoms. The molecule has 3 heterocycles. The van der Waals surface area contributed by atoms with Crippen LogP contribution in [0.4, 0.5) is 16.8 Å². The lowest BCUT2D eigenvalue weighted by Crippen LogP contribution is -2.28. The Morgan fingerprint density at radius 2 is 2.23 bits per heavy atom. The third kappa shape index (κ3) is 3.80. The first-order valence-corrected chi connectivity index (χ1v) is 9.58. The monoisotopic (exact) mass is 387 g/mol. The van der Waals surface area contributed by atoms with E-state index in [2.05, 4.69) is 19.9 Å². The Morgan fingerprint density at radius 3 is 3.00 bits per heavy atom. The van der Waals surface area contributed by atoms with Gasteiger partial charge in [0.25, 0.3) is 0 Å². The number of ether oxygens (including phenoxy) is 1. The minimum Gasteiger partial charge on any atom is -0.376 e. The number of aromatic nitrogens is 3. The van der Waals surface area contributed by atoms with E-state index < -0.39 is 0 Å². The summed E-state index contributed by atoms with van der Waals surface area (Å²) in [5, 5.41) is 1.56. The zero-order valence-corrected chi connectivity index (χ0v) is 15.6. The number of anilines is 3. The molecule has 1 unspecified atom stereocenters. The van der Waals surface area contributed by atoms with Crippen molar-refractivity contribution in [3.8, 4) is 10.6 Å². The molecule has 0 bridgehead atoms. The molecule has 0 aliphatic carbocycles. The summed E-state index contributed by atoms with van der Waals surface area (Å²) in [6.07, 6.45) is 5.80. The molecule has 2 aromatic heterocycles. The van der Waals surface area contributed by atoms with E-state index in [9.17, 15) is 0 Å². The van der Waals surface area contributed by atoms with Crippen molar-refractivity contribution in [2.45, 2.75) is 18.9 Å². The molecule has 0 amide bonds. The lowest BCUT2D eigenvalue weighted by Gasteiger charge is -2.25. The van der Waals surface area contributed by atoms with Crippen molar-refractivity contribution in [2.75, 3.05) is 23.8 Å². The maximum Gasteiger partial charge on any atom is 0.220 e. The molecule has 1 aromatic carbocycles. The van der Waals surface area contributed by atoms with Gasteiger partial charge in [0.2, 0.25) is 5.95 Å². The van der Waals surface area contributed by atoms with Crippen molar-refractivity contribution in [3.05, 3.63) is 47.7 Å². The summed E-state index contributed by atoms with van der Waals surface area (Å²) in [4.78, 5) is 15.9. The van der Waals surface area contributed by atoms with E-state index in [0.29, 0.717) is 5.02 Å². The summed E-state index contributed by atoms with van der Waals surface area (Å²) in [6, 6.07) is 9.62. The van der Waals surface area contributed by atoms with Gasteiger partial charge in [-0.3, -0.25) is 0 Å². The summed E-state index contributed by atoms with van der Waals surface area (Å²) in [5.74, 6) is 0.253. The molecule has 134 valence electrons. The number of benzene rings is 1. The van der Waals surface area contributed by atoms with Crippen molar-refractivity contribution in [1.82, 2.24) is 15.0 Å². The number of hydrogen-bond acceptors (Lipinski definition) is 7. The van der Waals surface area contributed by atoms with E-state index in [4.69, 9.17) is 22.1 Å². The van der Waals surface area contributed by atoms with E-state index in [0.717, 1.165) is 47.4 Å². The van der Waals surface area contributed by atoms with Gasteiger partial charge in [0.1, 0.15) is 0 Å². The average Bonchev–Trinajstić information content (AvgIpc) is 3.31. The molecule has 26 heavy (non-hydrogen) atoms. The molecule has 4 rings (SSSR count). The average molecular weight is 388 g/mol. The number of nitrogens with zero attached hydrogens (tertiary/aromatic N) is 4. The maximum atomic E-state index is 6.21. The van der Waals surface area contributed by atoms with Crippen LogP contribution >= 0.6 is 22.9 Å². The van der Waals surface area contributed by atoms with Gasteiger partial charge in [0, 0.05) is 29.7 Å². The number of rotatable bonds is 5. The smallest absolute Gasteiger partial charge is 0.220 e. The minimum atomic E-state index is 0.191. The normalized spacial score (nSPS) is 16.7. The molecule has 1 atom stereocenters. The molecule has 2 N–H and O–H groups in total. The van der Waals surface area contributed by atoms with Crippen LogP contribution in [0.15, 0.2) is 42.7 Å². The second kappa shape index (κ2) is 7.57. The molecular weight excluding hydrogens is 370 g/mol. The van der Waals surface area contributed by atoms with E-state index in [1.54, 1.807) is 17.5 Å².